The highest BCUT2D eigenvalue weighted by Crippen LogP contribution is 2.25. The average Bonchev–Trinajstić information content (AvgIpc) is 3.08. The largest absolute Gasteiger partial charge is 0.411 e. The molecule has 1 amide bonds. The second-order valence-electron chi connectivity index (χ2n) is 6.18. The molecule has 1 aromatic heterocycles. The zero-order chi connectivity index (χ0) is 16.9. The summed E-state index contributed by atoms with van der Waals surface area (Å²) in [5.41, 5.74) is 2.05. The second-order valence-corrected chi connectivity index (χ2v) is 7.10. The van der Waals surface area contributed by atoms with Crippen LogP contribution in [0.4, 0.5) is 0 Å². The van der Waals surface area contributed by atoms with Gasteiger partial charge in [0.2, 0.25) is 11.8 Å². The highest BCUT2D eigenvalue weighted by Gasteiger charge is 2.25. The van der Waals surface area contributed by atoms with Crippen molar-refractivity contribution < 1.29 is 9.21 Å². The minimum Gasteiger partial charge on any atom is -0.411 e. The zero-order valence-corrected chi connectivity index (χ0v) is 15.0. The van der Waals surface area contributed by atoms with Crippen molar-refractivity contribution in [3.63, 3.8) is 0 Å². The Bertz CT molecular complexity index is 701. The van der Waals surface area contributed by atoms with Crippen LogP contribution in [0, 0.1) is 6.92 Å². The van der Waals surface area contributed by atoms with Gasteiger partial charge in [0.15, 0.2) is 0 Å². The molecule has 1 atom stereocenters. The van der Waals surface area contributed by atoms with Crippen LogP contribution in [0.1, 0.15) is 38.2 Å². The Kier molecular flexibility index (Phi) is 5.56. The van der Waals surface area contributed by atoms with Crippen molar-refractivity contribution in [3.8, 4) is 11.5 Å². The first kappa shape index (κ1) is 17.0. The van der Waals surface area contributed by atoms with Crippen molar-refractivity contribution in [1.82, 2.24) is 15.1 Å². The molecule has 1 saturated heterocycles. The van der Waals surface area contributed by atoms with Crippen LogP contribution in [0.3, 0.4) is 0 Å². The van der Waals surface area contributed by atoms with E-state index in [-0.39, 0.29) is 5.91 Å². The van der Waals surface area contributed by atoms with Gasteiger partial charge in [-0.2, -0.15) is 0 Å². The third-order valence-corrected chi connectivity index (χ3v) is 5.21. The molecule has 1 aromatic carbocycles. The second kappa shape index (κ2) is 7.83. The SMILES string of the molecule is CCC1CCCCN1C(=O)CSc1nnc(-c2cccc(C)c2)o1. The van der Waals surface area contributed by atoms with Crippen LogP contribution in [-0.2, 0) is 4.79 Å². The van der Waals surface area contributed by atoms with Crippen LogP contribution in [0.2, 0.25) is 0 Å². The summed E-state index contributed by atoms with van der Waals surface area (Å²) in [4.78, 5) is 14.5. The van der Waals surface area contributed by atoms with E-state index < -0.39 is 0 Å². The normalized spacial score (nSPS) is 17.9. The summed E-state index contributed by atoms with van der Waals surface area (Å²) in [7, 11) is 0. The number of aryl methyl sites for hydroxylation is 1. The molecule has 0 saturated carbocycles. The quantitative estimate of drug-likeness (QED) is 0.769. The van der Waals surface area contributed by atoms with Gasteiger partial charge in [0.25, 0.3) is 5.22 Å². The van der Waals surface area contributed by atoms with E-state index in [0.717, 1.165) is 36.9 Å². The summed E-state index contributed by atoms with van der Waals surface area (Å²) in [6.07, 6.45) is 4.46. The van der Waals surface area contributed by atoms with Crippen LogP contribution in [0.25, 0.3) is 11.5 Å². The van der Waals surface area contributed by atoms with E-state index >= 15 is 0 Å². The molecule has 1 aliphatic rings. The van der Waals surface area contributed by atoms with Crippen LogP contribution in [-0.4, -0.2) is 39.3 Å². The van der Waals surface area contributed by atoms with Crippen molar-refractivity contribution in [2.24, 2.45) is 0 Å². The van der Waals surface area contributed by atoms with Gasteiger partial charge in [0, 0.05) is 18.2 Å². The van der Waals surface area contributed by atoms with Crippen molar-refractivity contribution in [2.45, 2.75) is 50.8 Å². The zero-order valence-electron chi connectivity index (χ0n) is 14.2. The molecule has 3 rings (SSSR count). The molecule has 0 aliphatic carbocycles. The molecule has 0 N–H and O–H groups in total. The maximum absolute atomic E-state index is 12.5. The third-order valence-electron chi connectivity index (χ3n) is 4.41. The predicted molar refractivity (Wildman–Crippen MR) is 94.8 cm³/mol. The first-order valence-corrected chi connectivity index (χ1v) is 9.48. The Morgan fingerprint density at radius 2 is 2.25 bits per heavy atom. The number of thioether (sulfide) groups is 1. The van der Waals surface area contributed by atoms with Gasteiger partial charge in [-0.05, 0) is 44.7 Å². The molecule has 0 spiro atoms. The number of benzene rings is 1. The lowest BCUT2D eigenvalue weighted by Crippen LogP contribution is -2.44. The molecule has 2 aromatic rings. The molecule has 1 aliphatic heterocycles. The van der Waals surface area contributed by atoms with E-state index in [9.17, 15) is 4.79 Å². The number of aromatic nitrogens is 2. The number of rotatable bonds is 5. The summed E-state index contributed by atoms with van der Waals surface area (Å²) in [6.45, 7) is 5.04. The molecule has 1 fully saturated rings. The van der Waals surface area contributed by atoms with Gasteiger partial charge in [0.05, 0.1) is 5.75 Å². The van der Waals surface area contributed by atoms with Gasteiger partial charge in [-0.25, -0.2) is 0 Å². The topological polar surface area (TPSA) is 59.2 Å². The number of carbonyl (C=O) groups is 1. The van der Waals surface area contributed by atoms with E-state index in [1.165, 1.54) is 18.2 Å². The van der Waals surface area contributed by atoms with Gasteiger partial charge in [-0.15, -0.1) is 10.2 Å². The molecule has 0 radical (unpaired) electrons. The Morgan fingerprint density at radius 1 is 1.38 bits per heavy atom. The van der Waals surface area contributed by atoms with Gasteiger partial charge in [-0.3, -0.25) is 4.79 Å². The highest BCUT2D eigenvalue weighted by atomic mass is 32.2. The minimum absolute atomic E-state index is 0.168. The number of hydrogen-bond donors (Lipinski definition) is 0. The first-order valence-electron chi connectivity index (χ1n) is 8.50. The van der Waals surface area contributed by atoms with E-state index in [1.807, 2.05) is 36.1 Å². The average molecular weight is 345 g/mol. The fraction of sp³-hybridized carbons (Fsp3) is 0.500. The van der Waals surface area contributed by atoms with E-state index in [1.54, 1.807) is 0 Å². The molecule has 128 valence electrons. The Balaban J connectivity index is 1.60. The Morgan fingerprint density at radius 3 is 3.04 bits per heavy atom. The van der Waals surface area contributed by atoms with Crippen LogP contribution >= 0.6 is 11.8 Å². The molecule has 2 heterocycles. The minimum atomic E-state index is 0.168. The number of likely N-dealkylation sites (tertiary alicyclic amines) is 1. The summed E-state index contributed by atoms with van der Waals surface area (Å²) in [6, 6.07) is 8.33. The summed E-state index contributed by atoms with van der Waals surface area (Å²) in [5, 5.41) is 8.59. The van der Waals surface area contributed by atoms with Crippen LogP contribution in [0.15, 0.2) is 33.9 Å². The molecule has 5 nitrogen and oxygen atoms in total. The van der Waals surface area contributed by atoms with Crippen LogP contribution in [0.5, 0.6) is 0 Å². The molecule has 24 heavy (non-hydrogen) atoms. The maximum atomic E-state index is 12.5. The predicted octanol–water partition coefficient (Wildman–Crippen LogP) is 3.93. The van der Waals surface area contributed by atoms with E-state index in [0.29, 0.717) is 22.9 Å². The standard InChI is InChI=1S/C18H23N3O2S/c1-3-15-9-4-5-10-21(15)16(22)12-24-18-20-19-17(23-18)14-8-6-7-13(2)11-14/h6-8,11,15H,3-5,9-10,12H2,1-2H3. The Hall–Kier alpha value is -1.82. The van der Waals surface area contributed by atoms with Crippen LogP contribution < -0.4 is 0 Å². The van der Waals surface area contributed by atoms with E-state index in [2.05, 4.69) is 17.1 Å². The molecule has 1 unspecified atom stereocenters. The van der Waals surface area contributed by atoms with Crippen molar-refractivity contribution in [2.75, 3.05) is 12.3 Å². The van der Waals surface area contributed by atoms with Gasteiger partial charge in [-0.1, -0.05) is 36.4 Å². The number of hydrogen-bond acceptors (Lipinski definition) is 5. The van der Waals surface area contributed by atoms with E-state index in [4.69, 9.17) is 4.42 Å². The van der Waals surface area contributed by atoms with Gasteiger partial charge < -0.3 is 9.32 Å². The van der Waals surface area contributed by atoms with Gasteiger partial charge in [0.1, 0.15) is 0 Å². The van der Waals surface area contributed by atoms with Gasteiger partial charge >= 0.3 is 0 Å². The lowest BCUT2D eigenvalue weighted by Gasteiger charge is -2.35. The summed E-state index contributed by atoms with van der Waals surface area (Å²) >= 11 is 1.32. The first-order chi connectivity index (χ1) is 11.7. The Labute approximate surface area is 146 Å². The lowest BCUT2D eigenvalue weighted by atomic mass is 10.0. The van der Waals surface area contributed by atoms with Crippen molar-refractivity contribution in [1.29, 1.82) is 0 Å². The number of carbonyl (C=O) groups excluding carboxylic acids is 1. The smallest absolute Gasteiger partial charge is 0.277 e. The molecular weight excluding hydrogens is 322 g/mol. The van der Waals surface area contributed by atoms with Crippen molar-refractivity contribution >= 4 is 17.7 Å². The van der Waals surface area contributed by atoms with Crippen molar-refractivity contribution in [3.05, 3.63) is 29.8 Å². The fourth-order valence-corrected chi connectivity index (χ4v) is 3.77. The monoisotopic (exact) mass is 345 g/mol. The molecule has 6 heteroatoms. The lowest BCUT2D eigenvalue weighted by molar-refractivity contribution is -0.132. The number of nitrogens with zero attached hydrogens (tertiary/aromatic N) is 3. The molecule has 0 bridgehead atoms. The number of amides is 1. The highest BCUT2D eigenvalue weighted by molar-refractivity contribution is 7.99. The maximum Gasteiger partial charge on any atom is 0.277 e. The molecular formula is C18H23N3O2S. The fourth-order valence-electron chi connectivity index (χ4n) is 3.12. The number of piperidine rings is 1. The summed E-state index contributed by atoms with van der Waals surface area (Å²) in [5.74, 6) is 1.02. The third kappa shape index (κ3) is 3.98. The summed E-state index contributed by atoms with van der Waals surface area (Å²) < 4.78 is 5.69.